The molecule has 44 heavy (non-hydrogen) atoms. The summed E-state index contributed by atoms with van der Waals surface area (Å²) in [6.45, 7) is 17.2. The normalized spacial score (nSPS) is 18.0. The predicted molar refractivity (Wildman–Crippen MR) is 170 cm³/mol. The number of alkyl carbamates (subject to hydrolysis) is 1. The Kier molecular flexibility index (Phi) is 16.5. The molecule has 1 aliphatic rings. The fourth-order valence-electron chi connectivity index (χ4n) is 4.75. The molecule has 0 aromatic heterocycles. The second-order valence-electron chi connectivity index (χ2n) is 12.3. The van der Waals surface area contributed by atoms with E-state index in [-0.39, 0.29) is 29.9 Å². The Hall–Kier alpha value is -3.12. The van der Waals surface area contributed by atoms with E-state index in [1.165, 1.54) is 18.9 Å². The average Bonchev–Trinajstić information content (AvgIpc) is 3.44. The molecule has 0 radical (unpaired) electrons. The van der Waals surface area contributed by atoms with Gasteiger partial charge in [-0.05, 0) is 51.0 Å². The van der Waals surface area contributed by atoms with Crippen LogP contribution in [0.4, 0.5) is 4.79 Å². The first kappa shape index (κ1) is 38.9. The number of ether oxygens (including phenoxy) is 3. The summed E-state index contributed by atoms with van der Waals surface area (Å²) in [4.78, 5) is 57.0. The number of nitrogens with one attached hydrogen (secondary N) is 2. The van der Waals surface area contributed by atoms with E-state index in [1.54, 1.807) is 31.1 Å². The molecule has 2 N–H and O–H groups in total. The quantitative estimate of drug-likeness (QED) is 0.0670. The van der Waals surface area contributed by atoms with Crippen molar-refractivity contribution in [3.8, 4) is 0 Å². The summed E-state index contributed by atoms with van der Waals surface area (Å²) in [6, 6.07) is -2.26. The summed E-state index contributed by atoms with van der Waals surface area (Å²) in [5.41, 5.74) is 8.70. The van der Waals surface area contributed by atoms with Crippen molar-refractivity contribution in [2.24, 2.45) is 17.0 Å². The third-order valence-electron chi connectivity index (χ3n) is 7.20. The lowest BCUT2D eigenvalue weighted by atomic mass is 9.92. The first-order valence-corrected chi connectivity index (χ1v) is 16.3. The molecule has 1 unspecified atom stereocenters. The van der Waals surface area contributed by atoms with E-state index >= 15 is 0 Å². The molecule has 0 saturated heterocycles. The maximum absolute atomic E-state index is 13.9. The van der Waals surface area contributed by atoms with Crippen molar-refractivity contribution in [1.29, 1.82) is 0 Å². The van der Waals surface area contributed by atoms with Gasteiger partial charge in [-0.15, -0.1) is 11.8 Å². The van der Waals surface area contributed by atoms with Crippen molar-refractivity contribution < 1.29 is 33.4 Å². The number of methoxy groups -OCH3 is 1. The second kappa shape index (κ2) is 18.6. The SMILES string of the molecule is CCC[C@H](NC(=O)OC(C)(C)C)C(=O)O[C@H](C[C@H](C(C)C)N(CCC)C(=O)[C@@H](N=[N+]=[N-])[C@@H](C)CC)C1NC(C(=O)OC)=CS1. The smallest absolute Gasteiger partial charge is 0.408 e. The van der Waals surface area contributed by atoms with Gasteiger partial charge in [-0.2, -0.15) is 0 Å². The van der Waals surface area contributed by atoms with Crippen LogP contribution in [0.15, 0.2) is 16.2 Å². The van der Waals surface area contributed by atoms with Gasteiger partial charge in [-0.1, -0.05) is 59.5 Å². The van der Waals surface area contributed by atoms with E-state index < -0.39 is 53.2 Å². The summed E-state index contributed by atoms with van der Waals surface area (Å²) in [7, 11) is 1.28. The van der Waals surface area contributed by atoms with Crippen LogP contribution in [0, 0.1) is 11.8 Å². The molecular weight excluding hydrogens is 588 g/mol. The Labute approximate surface area is 266 Å². The average molecular weight is 641 g/mol. The van der Waals surface area contributed by atoms with Crippen LogP contribution in [0.5, 0.6) is 0 Å². The number of esters is 2. The lowest BCUT2D eigenvalue weighted by Gasteiger charge is -2.39. The maximum atomic E-state index is 13.9. The highest BCUT2D eigenvalue weighted by molar-refractivity contribution is 8.03. The third-order valence-corrected chi connectivity index (χ3v) is 8.28. The number of carbonyl (C=O) groups excluding carboxylic acids is 4. The van der Waals surface area contributed by atoms with Gasteiger partial charge < -0.3 is 29.7 Å². The van der Waals surface area contributed by atoms with Gasteiger partial charge in [0.25, 0.3) is 0 Å². The van der Waals surface area contributed by atoms with E-state index in [4.69, 9.17) is 14.2 Å². The standard InChI is InChI=1S/C30H52N6O7S/c1-11-14-20(33-29(40)43-30(7,8)9)28(39)42-23(25-32-21(17-44-25)27(38)41-10)16-22(18(4)5)36(15-12-2)26(37)24(34-35-31)19(6)13-3/h17-20,22-25,32H,11-16H2,1-10H3,(H,33,40)/t19-,20-,22+,23+,24-,25?/m0/s1. The Morgan fingerprint density at radius 1 is 1.16 bits per heavy atom. The van der Waals surface area contributed by atoms with E-state index in [2.05, 4.69) is 20.7 Å². The summed E-state index contributed by atoms with van der Waals surface area (Å²) in [5.74, 6) is -1.74. The first-order chi connectivity index (χ1) is 20.6. The summed E-state index contributed by atoms with van der Waals surface area (Å²) < 4.78 is 16.3. The molecule has 2 amide bonds. The van der Waals surface area contributed by atoms with Crippen LogP contribution in [-0.4, -0.2) is 77.7 Å². The van der Waals surface area contributed by atoms with Crippen molar-refractivity contribution in [2.75, 3.05) is 13.7 Å². The molecule has 6 atom stereocenters. The molecule has 1 heterocycles. The van der Waals surface area contributed by atoms with Crippen molar-refractivity contribution >= 4 is 35.7 Å². The van der Waals surface area contributed by atoms with E-state index in [0.717, 1.165) is 0 Å². The first-order valence-electron chi connectivity index (χ1n) is 15.4. The molecular formula is C30H52N6O7S. The van der Waals surface area contributed by atoms with Gasteiger partial charge in [-0.3, -0.25) is 4.79 Å². The largest absolute Gasteiger partial charge is 0.464 e. The molecule has 0 aromatic carbocycles. The number of carbonyl (C=O) groups is 4. The molecule has 0 bridgehead atoms. The van der Waals surface area contributed by atoms with E-state index in [9.17, 15) is 24.7 Å². The van der Waals surface area contributed by atoms with Crippen LogP contribution in [0.25, 0.3) is 10.4 Å². The van der Waals surface area contributed by atoms with Gasteiger partial charge in [0.2, 0.25) is 5.91 Å². The highest BCUT2D eigenvalue weighted by Gasteiger charge is 2.40. The minimum atomic E-state index is -0.970. The van der Waals surface area contributed by atoms with Crippen molar-refractivity contribution in [2.45, 2.75) is 130 Å². The molecule has 0 spiro atoms. The van der Waals surface area contributed by atoms with Gasteiger partial charge in [0.1, 0.15) is 34.9 Å². The Balaban J connectivity index is 3.45. The predicted octanol–water partition coefficient (Wildman–Crippen LogP) is 5.65. The lowest BCUT2D eigenvalue weighted by molar-refractivity contribution is -0.154. The van der Waals surface area contributed by atoms with Gasteiger partial charge in [0.15, 0.2) is 0 Å². The van der Waals surface area contributed by atoms with Gasteiger partial charge >= 0.3 is 18.0 Å². The molecule has 1 rings (SSSR count). The zero-order valence-electron chi connectivity index (χ0n) is 27.9. The minimum Gasteiger partial charge on any atom is -0.464 e. The Morgan fingerprint density at radius 3 is 2.32 bits per heavy atom. The van der Waals surface area contributed by atoms with Crippen molar-refractivity contribution in [3.63, 3.8) is 0 Å². The van der Waals surface area contributed by atoms with Crippen molar-refractivity contribution in [1.82, 2.24) is 15.5 Å². The molecule has 1 aliphatic heterocycles. The molecule has 250 valence electrons. The molecule has 0 aromatic rings. The topological polar surface area (TPSA) is 172 Å². The highest BCUT2D eigenvalue weighted by Crippen LogP contribution is 2.31. The fraction of sp³-hybridized carbons (Fsp3) is 0.800. The van der Waals surface area contributed by atoms with Crippen LogP contribution in [-0.2, 0) is 28.6 Å². The number of azide groups is 1. The molecule has 0 aliphatic carbocycles. The van der Waals surface area contributed by atoms with E-state index in [0.29, 0.717) is 32.2 Å². The Morgan fingerprint density at radius 2 is 1.82 bits per heavy atom. The zero-order chi connectivity index (χ0) is 33.6. The molecule has 13 nitrogen and oxygen atoms in total. The highest BCUT2D eigenvalue weighted by atomic mass is 32.2. The lowest BCUT2D eigenvalue weighted by Crippen LogP contribution is -2.53. The number of amides is 2. The number of nitrogens with zero attached hydrogens (tertiary/aromatic N) is 4. The molecule has 0 fully saturated rings. The molecule has 14 heteroatoms. The van der Waals surface area contributed by atoms with Gasteiger partial charge in [0, 0.05) is 29.3 Å². The van der Waals surface area contributed by atoms with Crippen molar-refractivity contribution in [3.05, 3.63) is 21.5 Å². The van der Waals surface area contributed by atoms with Crippen LogP contribution in [0.1, 0.15) is 94.4 Å². The van der Waals surface area contributed by atoms with Crippen LogP contribution in [0.3, 0.4) is 0 Å². The van der Waals surface area contributed by atoms with E-state index in [1.807, 2.05) is 41.5 Å². The fourth-order valence-corrected chi connectivity index (χ4v) is 5.73. The number of hydrogen-bond acceptors (Lipinski definition) is 10. The van der Waals surface area contributed by atoms with Gasteiger partial charge in [-0.25, -0.2) is 14.4 Å². The Bertz CT molecular complexity index is 1060. The number of thioether (sulfide) groups is 1. The summed E-state index contributed by atoms with van der Waals surface area (Å²) in [5, 5.41) is 10.6. The van der Waals surface area contributed by atoms with Crippen LogP contribution in [0.2, 0.25) is 0 Å². The molecule has 0 saturated carbocycles. The zero-order valence-corrected chi connectivity index (χ0v) is 28.7. The third kappa shape index (κ3) is 12.1. The van der Waals surface area contributed by atoms with Gasteiger partial charge in [0.05, 0.1) is 7.11 Å². The van der Waals surface area contributed by atoms with Crippen LogP contribution < -0.4 is 10.6 Å². The number of rotatable bonds is 17. The number of hydrogen-bond donors (Lipinski definition) is 2. The summed E-state index contributed by atoms with van der Waals surface area (Å²) in [6.07, 6.45) is 0.874. The monoisotopic (exact) mass is 640 g/mol. The minimum absolute atomic E-state index is 0.0684. The van der Waals surface area contributed by atoms with Crippen LogP contribution >= 0.6 is 11.8 Å². The second-order valence-corrected chi connectivity index (χ2v) is 13.3. The summed E-state index contributed by atoms with van der Waals surface area (Å²) >= 11 is 1.27. The maximum Gasteiger partial charge on any atom is 0.408 e.